The lowest BCUT2D eigenvalue weighted by atomic mass is 10.4. The second kappa shape index (κ2) is 4.83. The molecule has 0 amide bonds. The predicted molar refractivity (Wildman–Crippen MR) is 75.8 cm³/mol. The molecule has 1 fully saturated rings. The Morgan fingerprint density at radius 3 is 2.85 bits per heavy atom. The molecule has 108 valence electrons. The van der Waals surface area contributed by atoms with Gasteiger partial charge < -0.3 is 4.52 Å². The van der Waals surface area contributed by atoms with Crippen LogP contribution in [0.4, 0.5) is 5.69 Å². The van der Waals surface area contributed by atoms with Gasteiger partial charge in [0, 0.05) is 20.0 Å². The maximum atomic E-state index is 11.9. The van der Waals surface area contributed by atoms with Crippen LogP contribution >= 0.6 is 11.3 Å². The first-order valence-electron chi connectivity index (χ1n) is 6.09. The lowest BCUT2D eigenvalue weighted by molar-refractivity contribution is 0.423. The van der Waals surface area contributed by atoms with Gasteiger partial charge in [-0.25, -0.2) is 0 Å². The van der Waals surface area contributed by atoms with Crippen LogP contribution in [-0.2, 0) is 10.2 Å². The van der Waals surface area contributed by atoms with Crippen molar-refractivity contribution in [1.82, 2.24) is 14.4 Å². The van der Waals surface area contributed by atoms with Crippen molar-refractivity contribution in [3.63, 3.8) is 0 Å². The number of anilines is 1. The standard InChI is InChI=1S/C11H14N4O3S2/c1-15(2)20(16,17)14-8-5-6-19-9(8)11-12-10(13-18-11)7-3-4-7/h5-7,14H,3-4H2,1-2H3. The molecule has 2 heterocycles. The van der Waals surface area contributed by atoms with E-state index >= 15 is 0 Å². The molecule has 7 nitrogen and oxygen atoms in total. The van der Waals surface area contributed by atoms with Gasteiger partial charge in [-0.1, -0.05) is 5.16 Å². The van der Waals surface area contributed by atoms with Crippen LogP contribution in [0.15, 0.2) is 16.0 Å². The van der Waals surface area contributed by atoms with E-state index in [0.717, 1.165) is 17.1 Å². The minimum Gasteiger partial charge on any atom is -0.333 e. The molecular formula is C11H14N4O3S2. The molecule has 2 aromatic heterocycles. The second-order valence-electron chi connectivity index (χ2n) is 4.78. The third kappa shape index (κ3) is 2.56. The zero-order chi connectivity index (χ0) is 14.3. The maximum absolute atomic E-state index is 11.9. The highest BCUT2D eigenvalue weighted by Crippen LogP contribution is 2.40. The fourth-order valence-corrected chi connectivity index (χ4v) is 3.09. The van der Waals surface area contributed by atoms with Crippen LogP contribution < -0.4 is 4.72 Å². The Kier molecular flexibility index (Phi) is 3.27. The van der Waals surface area contributed by atoms with E-state index in [0.29, 0.717) is 28.2 Å². The minimum absolute atomic E-state index is 0.360. The Morgan fingerprint density at radius 1 is 1.45 bits per heavy atom. The molecule has 1 saturated carbocycles. The topological polar surface area (TPSA) is 88.3 Å². The third-order valence-corrected chi connectivity index (χ3v) is 5.31. The zero-order valence-corrected chi connectivity index (χ0v) is 12.7. The van der Waals surface area contributed by atoms with E-state index in [9.17, 15) is 8.42 Å². The molecule has 20 heavy (non-hydrogen) atoms. The monoisotopic (exact) mass is 314 g/mol. The van der Waals surface area contributed by atoms with E-state index in [2.05, 4.69) is 14.9 Å². The van der Waals surface area contributed by atoms with E-state index in [1.54, 1.807) is 11.4 Å². The fourth-order valence-electron chi connectivity index (χ4n) is 1.62. The molecule has 3 rings (SSSR count). The van der Waals surface area contributed by atoms with Crippen molar-refractivity contribution in [3.05, 3.63) is 17.3 Å². The van der Waals surface area contributed by atoms with Gasteiger partial charge >= 0.3 is 10.2 Å². The van der Waals surface area contributed by atoms with Crippen molar-refractivity contribution in [2.24, 2.45) is 0 Å². The molecule has 0 radical (unpaired) electrons. The molecule has 9 heteroatoms. The first-order valence-corrected chi connectivity index (χ1v) is 8.41. The van der Waals surface area contributed by atoms with Gasteiger partial charge in [-0.3, -0.25) is 4.72 Å². The van der Waals surface area contributed by atoms with Crippen molar-refractivity contribution in [2.75, 3.05) is 18.8 Å². The first kappa shape index (κ1) is 13.5. The Hall–Kier alpha value is -1.45. The molecule has 0 bridgehead atoms. The van der Waals surface area contributed by atoms with Crippen molar-refractivity contribution in [1.29, 1.82) is 0 Å². The van der Waals surface area contributed by atoms with Crippen LogP contribution in [0.1, 0.15) is 24.6 Å². The van der Waals surface area contributed by atoms with Gasteiger partial charge in [0.1, 0.15) is 4.88 Å². The van der Waals surface area contributed by atoms with E-state index in [1.165, 1.54) is 25.4 Å². The number of rotatable bonds is 5. The molecule has 0 spiro atoms. The number of thiophene rings is 1. The highest BCUT2D eigenvalue weighted by atomic mass is 32.2. The normalized spacial score (nSPS) is 15.8. The Balaban J connectivity index is 1.89. The third-order valence-electron chi connectivity index (χ3n) is 2.96. The Bertz CT molecular complexity index is 716. The van der Waals surface area contributed by atoms with E-state index in [4.69, 9.17) is 4.52 Å². The molecule has 1 aliphatic carbocycles. The molecule has 0 aromatic carbocycles. The molecule has 0 aliphatic heterocycles. The summed E-state index contributed by atoms with van der Waals surface area (Å²) in [5, 5.41) is 5.72. The minimum atomic E-state index is -3.55. The number of nitrogens with zero attached hydrogens (tertiary/aromatic N) is 3. The molecule has 0 atom stereocenters. The molecule has 2 aromatic rings. The number of hydrogen-bond acceptors (Lipinski definition) is 6. The van der Waals surface area contributed by atoms with Crippen molar-refractivity contribution in [2.45, 2.75) is 18.8 Å². The highest BCUT2D eigenvalue weighted by molar-refractivity contribution is 7.90. The van der Waals surface area contributed by atoms with Crippen LogP contribution in [0.2, 0.25) is 0 Å². The van der Waals surface area contributed by atoms with Gasteiger partial charge in [0.25, 0.3) is 5.89 Å². The van der Waals surface area contributed by atoms with Gasteiger partial charge in [-0.2, -0.15) is 17.7 Å². The summed E-state index contributed by atoms with van der Waals surface area (Å²) in [5.74, 6) is 1.46. The van der Waals surface area contributed by atoms with E-state index < -0.39 is 10.2 Å². The quantitative estimate of drug-likeness (QED) is 0.910. The van der Waals surface area contributed by atoms with Gasteiger partial charge in [0.2, 0.25) is 0 Å². The van der Waals surface area contributed by atoms with Gasteiger partial charge in [0.05, 0.1) is 5.69 Å². The maximum Gasteiger partial charge on any atom is 0.301 e. The number of nitrogens with one attached hydrogen (secondary N) is 1. The van der Waals surface area contributed by atoms with Crippen LogP contribution in [0.3, 0.4) is 0 Å². The van der Waals surface area contributed by atoms with Gasteiger partial charge in [-0.15, -0.1) is 11.3 Å². The molecule has 0 unspecified atom stereocenters. The lowest BCUT2D eigenvalue weighted by Crippen LogP contribution is -2.28. The summed E-state index contributed by atoms with van der Waals surface area (Å²) >= 11 is 1.36. The second-order valence-corrected chi connectivity index (χ2v) is 7.59. The average molecular weight is 314 g/mol. The van der Waals surface area contributed by atoms with Crippen LogP contribution in [0.5, 0.6) is 0 Å². The Morgan fingerprint density at radius 2 is 2.20 bits per heavy atom. The SMILES string of the molecule is CN(C)S(=O)(=O)Nc1ccsc1-c1nc(C2CC2)no1. The summed E-state index contributed by atoms with van der Waals surface area (Å²) in [6.45, 7) is 0. The summed E-state index contributed by atoms with van der Waals surface area (Å²) in [6.07, 6.45) is 2.17. The van der Waals surface area contributed by atoms with Gasteiger partial charge in [-0.05, 0) is 24.3 Å². The van der Waals surface area contributed by atoms with Gasteiger partial charge in [0.15, 0.2) is 5.82 Å². The van der Waals surface area contributed by atoms with E-state index in [1.807, 2.05) is 0 Å². The fraction of sp³-hybridized carbons (Fsp3) is 0.455. The molecule has 1 aliphatic rings. The summed E-state index contributed by atoms with van der Waals surface area (Å²) in [7, 11) is -0.620. The van der Waals surface area contributed by atoms with Crippen LogP contribution in [-0.4, -0.2) is 37.0 Å². The number of hydrogen-bond donors (Lipinski definition) is 1. The number of aromatic nitrogens is 2. The molecule has 0 saturated heterocycles. The summed E-state index contributed by atoms with van der Waals surface area (Å²) in [5.41, 5.74) is 0.453. The zero-order valence-electron chi connectivity index (χ0n) is 11.0. The molecule has 1 N–H and O–H groups in total. The first-order chi connectivity index (χ1) is 9.47. The van der Waals surface area contributed by atoms with Crippen molar-refractivity contribution in [3.8, 4) is 10.8 Å². The van der Waals surface area contributed by atoms with Crippen molar-refractivity contribution < 1.29 is 12.9 Å². The summed E-state index contributed by atoms with van der Waals surface area (Å²) < 4.78 is 32.6. The Labute approximate surface area is 120 Å². The lowest BCUT2D eigenvalue weighted by Gasteiger charge is -2.12. The van der Waals surface area contributed by atoms with Crippen LogP contribution in [0.25, 0.3) is 10.8 Å². The summed E-state index contributed by atoms with van der Waals surface area (Å²) in [6, 6.07) is 1.68. The average Bonchev–Trinajstić information content (AvgIpc) is 2.94. The van der Waals surface area contributed by atoms with Crippen LogP contribution in [0, 0.1) is 0 Å². The van der Waals surface area contributed by atoms with E-state index in [-0.39, 0.29) is 0 Å². The summed E-state index contributed by atoms with van der Waals surface area (Å²) in [4.78, 5) is 4.97. The smallest absolute Gasteiger partial charge is 0.301 e. The largest absolute Gasteiger partial charge is 0.333 e. The highest BCUT2D eigenvalue weighted by Gasteiger charge is 2.29. The van der Waals surface area contributed by atoms with Crippen molar-refractivity contribution >= 4 is 27.2 Å². The molecular weight excluding hydrogens is 300 g/mol. The predicted octanol–water partition coefficient (Wildman–Crippen LogP) is 1.89.